The van der Waals surface area contributed by atoms with E-state index >= 15 is 0 Å². The van der Waals surface area contributed by atoms with Gasteiger partial charge in [-0.05, 0) is 42.7 Å². The van der Waals surface area contributed by atoms with Crippen LogP contribution >= 0.6 is 0 Å². The average Bonchev–Trinajstić information content (AvgIpc) is 3.04. The third-order valence-corrected chi connectivity index (χ3v) is 4.29. The molecule has 2 heteroatoms. The molecule has 0 fully saturated rings. The molecule has 5 rings (SSSR count). The van der Waals surface area contributed by atoms with E-state index < -0.39 is 0 Å². The van der Waals surface area contributed by atoms with Gasteiger partial charge in [0, 0.05) is 27.4 Å². The van der Waals surface area contributed by atoms with Crippen LogP contribution in [0, 0.1) is 0 Å². The van der Waals surface area contributed by atoms with Crippen molar-refractivity contribution < 1.29 is 4.42 Å². The minimum Gasteiger partial charge on any atom is -0.455 e. The molecule has 2 nitrogen and oxygen atoms in total. The summed E-state index contributed by atoms with van der Waals surface area (Å²) in [5.74, 6) is 0. The standard InChI is InChI=1S/C18H13NO/c1-3-7-14-13(6-1)17-15(19-14)10-9-12-11-5-2-4-8-16(11)20-18(12)17/h2-5,7-10,19H,1,6H2. The van der Waals surface area contributed by atoms with Gasteiger partial charge in [0.15, 0.2) is 0 Å². The van der Waals surface area contributed by atoms with Crippen molar-refractivity contribution in [2.45, 2.75) is 12.8 Å². The second-order valence-electron chi connectivity index (χ2n) is 5.42. The van der Waals surface area contributed by atoms with E-state index in [1.807, 2.05) is 12.1 Å². The molecule has 0 saturated carbocycles. The second kappa shape index (κ2) is 3.54. The van der Waals surface area contributed by atoms with Gasteiger partial charge >= 0.3 is 0 Å². The van der Waals surface area contributed by atoms with Crippen molar-refractivity contribution in [3.63, 3.8) is 0 Å². The molecule has 1 N–H and O–H groups in total. The number of furan rings is 1. The monoisotopic (exact) mass is 259 g/mol. The highest BCUT2D eigenvalue weighted by atomic mass is 16.3. The third-order valence-electron chi connectivity index (χ3n) is 4.29. The zero-order chi connectivity index (χ0) is 13.1. The lowest BCUT2D eigenvalue weighted by atomic mass is 9.99. The summed E-state index contributed by atoms with van der Waals surface area (Å²) in [5, 5.41) is 3.67. The fourth-order valence-electron chi connectivity index (χ4n) is 3.38. The van der Waals surface area contributed by atoms with E-state index in [2.05, 4.69) is 41.4 Å². The fourth-order valence-corrected chi connectivity index (χ4v) is 3.38. The van der Waals surface area contributed by atoms with Crippen LogP contribution in [0.15, 0.2) is 46.9 Å². The van der Waals surface area contributed by atoms with Crippen LogP contribution in [-0.4, -0.2) is 4.98 Å². The normalized spacial score (nSPS) is 14.4. The van der Waals surface area contributed by atoms with Gasteiger partial charge in [0.2, 0.25) is 0 Å². The smallest absolute Gasteiger partial charge is 0.145 e. The van der Waals surface area contributed by atoms with Gasteiger partial charge in [-0.2, -0.15) is 0 Å². The first kappa shape index (κ1) is 10.3. The number of aromatic amines is 1. The van der Waals surface area contributed by atoms with E-state index in [0.717, 1.165) is 24.0 Å². The molecule has 0 atom stereocenters. The van der Waals surface area contributed by atoms with Crippen LogP contribution in [0.4, 0.5) is 0 Å². The van der Waals surface area contributed by atoms with Crippen LogP contribution in [-0.2, 0) is 6.42 Å². The summed E-state index contributed by atoms with van der Waals surface area (Å²) in [7, 11) is 0. The average molecular weight is 259 g/mol. The second-order valence-corrected chi connectivity index (χ2v) is 5.42. The molecule has 1 aliphatic carbocycles. The summed E-state index contributed by atoms with van der Waals surface area (Å²) in [6, 6.07) is 12.6. The number of benzene rings is 2. The predicted octanol–water partition coefficient (Wildman–Crippen LogP) is 5.03. The first-order valence-electron chi connectivity index (χ1n) is 7.03. The maximum Gasteiger partial charge on any atom is 0.145 e. The lowest BCUT2D eigenvalue weighted by molar-refractivity contribution is 0.672. The molecule has 20 heavy (non-hydrogen) atoms. The van der Waals surface area contributed by atoms with Gasteiger partial charge in [-0.3, -0.25) is 0 Å². The summed E-state index contributed by atoms with van der Waals surface area (Å²) in [5.41, 5.74) is 5.80. The maximum atomic E-state index is 6.15. The quantitative estimate of drug-likeness (QED) is 0.471. The number of hydrogen-bond donors (Lipinski definition) is 1. The number of H-pyrrole nitrogens is 1. The topological polar surface area (TPSA) is 28.9 Å². The van der Waals surface area contributed by atoms with Gasteiger partial charge in [0.05, 0.1) is 0 Å². The third kappa shape index (κ3) is 1.19. The first-order valence-corrected chi connectivity index (χ1v) is 7.03. The van der Waals surface area contributed by atoms with Crippen LogP contribution in [0.25, 0.3) is 38.9 Å². The van der Waals surface area contributed by atoms with Crippen molar-refractivity contribution in [3.05, 3.63) is 53.7 Å². The molecular weight excluding hydrogens is 246 g/mol. The van der Waals surface area contributed by atoms with Gasteiger partial charge in [0.1, 0.15) is 11.2 Å². The van der Waals surface area contributed by atoms with Gasteiger partial charge in [0.25, 0.3) is 0 Å². The van der Waals surface area contributed by atoms with E-state index in [1.165, 1.54) is 32.9 Å². The summed E-state index contributed by atoms with van der Waals surface area (Å²) < 4.78 is 6.15. The molecule has 0 unspecified atom stereocenters. The number of rotatable bonds is 0. The Hall–Kier alpha value is -2.48. The summed E-state index contributed by atoms with van der Waals surface area (Å²) >= 11 is 0. The molecule has 0 bridgehead atoms. The van der Waals surface area contributed by atoms with Crippen LogP contribution in [0.2, 0.25) is 0 Å². The van der Waals surface area contributed by atoms with Crippen molar-refractivity contribution in [2.75, 3.05) is 0 Å². The summed E-state index contributed by atoms with van der Waals surface area (Å²) in [6.07, 6.45) is 6.61. The zero-order valence-electron chi connectivity index (χ0n) is 10.9. The van der Waals surface area contributed by atoms with Gasteiger partial charge in [-0.25, -0.2) is 0 Å². The molecule has 0 aliphatic heterocycles. The fraction of sp³-hybridized carbons (Fsp3) is 0.111. The lowest BCUT2D eigenvalue weighted by Gasteiger charge is -2.04. The Morgan fingerprint density at radius 2 is 1.95 bits per heavy atom. The van der Waals surface area contributed by atoms with Gasteiger partial charge in [-0.15, -0.1) is 0 Å². The number of hydrogen-bond acceptors (Lipinski definition) is 1. The van der Waals surface area contributed by atoms with E-state index in [-0.39, 0.29) is 0 Å². The Labute approximate surface area is 115 Å². The SMILES string of the molecule is C1=Cc2[nH]c3ccc4c5ccccc5oc4c3c2CC1. The van der Waals surface area contributed by atoms with Crippen molar-refractivity contribution in [1.29, 1.82) is 0 Å². The van der Waals surface area contributed by atoms with E-state index in [1.54, 1.807) is 0 Å². The molecule has 1 aliphatic rings. The highest BCUT2D eigenvalue weighted by Gasteiger charge is 2.17. The Balaban J connectivity index is 2.05. The Bertz CT molecular complexity index is 1000. The van der Waals surface area contributed by atoms with Gasteiger partial charge in [-0.1, -0.05) is 24.3 Å². The summed E-state index contributed by atoms with van der Waals surface area (Å²) in [4.78, 5) is 3.51. The molecule has 2 aromatic carbocycles. The highest BCUT2D eigenvalue weighted by molar-refractivity contribution is 6.16. The Morgan fingerprint density at radius 1 is 1.00 bits per heavy atom. The summed E-state index contributed by atoms with van der Waals surface area (Å²) in [6.45, 7) is 0. The van der Waals surface area contributed by atoms with E-state index in [4.69, 9.17) is 4.42 Å². The number of aryl methyl sites for hydroxylation is 1. The predicted molar refractivity (Wildman–Crippen MR) is 82.9 cm³/mol. The Kier molecular flexibility index (Phi) is 1.83. The van der Waals surface area contributed by atoms with Crippen molar-refractivity contribution in [2.24, 2.45) is 0 Å². The first-order chi connectivity index (χ1) is 9.92. The van der Waals surface area contributed by atoms with Crippen LogP contribution in [0.3, 0.4) is 0 Å². The van der Waals surface area contributed by atoms with Crippen LogP contribution < -0.4 is 0 Å². The number of nitrogens with one attached hydrogen (secondary N) is 1. The molecule has 0 radical (unpaired) electrons. The number of fused-ring (bicyclic) bond motifs is 7. The molecule has 4 aromatic rings. The molecule has 2 heterocycles. The van der Waals surface area contributed by atoms with Gasteiger partial charge < -0.3 is 9.40 Å². The number of aromatic nitrogens is 1. The van der Waals surface area contributed by atoms with Crippen LogP contribution in [0.1, 0.15) is 17.7 Å². The van der Waals surface area contributed by atoms with E-state index in [9.17, 15) is 0 Å². The highest BCUT2D eigenvalue weighted by Crippen LogP contribution is 2.38. The molecule has 96 valence electrons. The van der Waals surface area contributed by atoms with E-state index in [0.29, 0.717) is 0 Å². The molecule has 0 amide bonds. The Morgan fingerprint density at radius 3 is 2.95 bits per heavy atom. The van der Waals surface area contributed by atoms with Crippen LogP contribution in [0.5, 0.6) is 0 Å². The largest absolute Gasteiger partial charge is 0.455 e. The molecule has 0 saturated heterocycles. The number of allylic oxidation sites excluding steroid dienone is 1. The number of para-hydroxylation sites is 1. The molecular formula is C18H13NO. The van der Waals surface area contributed by atoms with Crippen molar-refractivity contribution >= 4 is 38.9 Å². The van der Waals surface area contributed by atoms with Crippen molar-refractivity contribution in [3.8, 4) is 0 Å². The minimum atomic E-state index is 0.969. The maximum absolute atomic E-state index is 6.15. The zero-order valence-corrected chi connectivity index (χ0v) is 10.9. The molecule has 2 aromatic heterocycles. The lowest BCUT2D eigenvalue weighted by Crippen LogP contribution is -1.90. The molecule has 0 spiro atoms. The minimum absolute atomic E-state index is 0.969. The van der Waals surface area contributed by atoms with Crippen molar-refractivity contribution in [1.82, 2.24) is 4.98 Å².